The Hall–Kier alpha value is -1.93. The molecule has 0 fully saturated rings. The van der Waals surface area contributed by atoms with E-state index in [9.17, 15) is 0 Å². The SMILES string of the molecule is C[O+]=c1ccc2ccc(-c3ccccc3)sc-2c1. The normalized spacial score (nSPS) is 11.9. The van der Waals surface area contributed by atoms with Crippen LogP contribution in [0.5, 0.6) is 0 Å². The molecule has 0 radical (unpaired) electrons. The molecule has 0 atom stereocenters. The molecule has 0 saturated carbocycles. The second-order valence-corrected chi connectivity index (χ2v) is 5.15. The van der Waals surface area contributed by atoms with E-state index in [1.165, 1.54) is 20.9 Å². The highest BCUT2D eigenvalue weighted by atomic mass is 32.1. The van der Waals surface area contributed by atoms with E-state index in [2.05, 4.69) is 48.5 Å². The van der Waals surface area contributed by atoms with Crippen LogP contribution in [0.15, 0.2) is 65.1 Å². The molecule has 1 nitrogen and oxygen atoms in total. The highest BCUT2D eigenvalue weighted by Gasteiger charge is 2.07. The smallest absolute Gasteiger partial charge is 0.258 e. The molecule has 1 heterocycles. The second kappa shape index (κ2) is 4.75. The van der Waals surface area contributed by atoms with Gasteiger partial charge in [-0.15, -0.1) is 11.3 Å². The zero-order valence-corrected chi connectivity index (χ0v) is 10.9. The molecule has 2 heteroatoms. The van der Waals surface area contributed by atoms with E-state index in [1.54, 1.807) is 18.4 Å². The molecule has 0 unspecified atom stereocenters. The van der Waals surface area contributed by atoms with Crippen molar-refractivity contribution in [2.75, 3.05) is 7.11 Å². The summed E-state index contributed by atoms with van der Waals surface area (Å²) in [6.45, 7) is 0. The third-order valence-corrected chi connectivity index (χ3v) is 4.08. The average Bonchev–Trinajstić information content (AvgIpc) is 2.47. The fourth-order valence-electron chi connectivity index (χ4n) is 1.94. The molecule has 88 valence electrons. The molecule has 0 aromatic heterocycles. The minimum atomic E-state index is 0.906. The fourth-order valence-corrected chi connectivity index (χ4v) is 3.00. The van der Waals surface area contributed by atoms with Gasteiger partial charge in [-0.25, -0.2) is 0 Å². The summed E-state index contributed by atoms with van der Waals surface area (Å²) >= 11 is 1.79. The molecule has 0 saturated heterocycles. The van der Waals surface area contributed by atoms with Crippen LogP contribution < -0.4 is 5.43 Å². The number of rotatable bonds is 1. The van der Waals surface area contributed by atoms with Crippen LogP contribution in [0.4, 0.5) is 0 Å². The summed E-state index contributed by atoms with van der Waals surface area (Å²) in [5, 5.41) is 0. The van der Waals surface area contributed by atoms with Gasteiger partial charge in [-0.2, -0.15) is 0 Å². The lowest BCUT2D eigenvalue weighted by atomic mass is 10.1. The lowest BCUT2D eigenvalue weighted by Gasteiger charge is -2.06. The quantitative estimate of drug-likeness (QED) is 0.580. The Kier molecular flexibility index (Phi) is 2.95. The van der Waals surface area contributed by atoms with Crippen molar-refractivity contribution in [1.82, 2.24) is 0 Å². The first-order chi connectivity index (χ1) is 8.86. The molecule has 1 aliphatic heterocycles. The molecule has 1 aliphatic carbocycles. The van der Waals surface area contributed by atoms with Gasteiger partial charge in [-0.05, 0) is 23.3 Å². The molecular weight excluding hydrogens is 240 g/mol. The monoisotopic (exact) mass is 253 g/mol. The van der Waals surface area contributed by atoms with Crippen LogP contribution in [-0.4, -0.2) is 7.11 Å². The van der Waals surface area contributed by atoms with Gasteiger partial charge in [-0.1, -0.05) is 36.4 Å². The van der Waals surface area contributed by atoms with E-state index in [0.29, 0.717) is 0 Å². The Morgan fingerprint density at radius 1 is 0.778 bits per heavy atom. The first-order valence-electron chi connectivity index (χ1n) is 5.83. The van der Waals surface area contributed by atoms with Gasteiger partial charge in [0, 0.05) is 15.8 Å². The highest BCUT2D eigenvalue weighted by Crippen LogP contribution is 2.33. The Labute approximate surface area is 110 Å². The van der Waals surface area contributed by atoms with Gasteiger partial charge in [0.25, 0.3) is 7.11 Å². The Morgan fingerprint density at radius 2 is 1.50 bits per heavy atom. The van der Waals surface area contributed by atoms with Crippen LogP contribution >= 0.6 is 11.3 Å². The maximum atomic E-state index is 5.27. The van der Waals surface area contributed by atoms with Crippen LogP contribution in [0.25, 0.3) is 20.9 Å². The number of benzene rings is 2. The lowest BCUT2D eigenvalue weighted by Crippen LogP contribution is -1.99. The van der Waals surface area contributed by atoms with E-state index in [1.807, 2.05) is 12.1 Å². The summed E-state index contributed by atoms with van der Waals surface area (Å²) in [5.41, 5.74) is 3.41. The minimum Gasteiger partial charge on any atom is -0.258 e. The number of hydrogen-bond donors (Lipinski definition) is 0. The summed E-state index contributed by atoms with van der Waals surface area (Å²) in [4.78, 5) is 2.52. The summed E-state index contributed by atoms with van der Waals surface area (Å²) in [5.74, 6) is 0. The fraction of sp³-hybridized carbons (Fsp3) is 0.0625. The number of hydrogen-bond acceptors (Lipinski definition) is 1. The van der Waals surface area contributed by atoms with Gasteiger partial charge in [0.2, 0.25) is 0 Å². The van der Waals surface area contributed by atoms with Crippen LogP contribution in [0.3, 0.4) is 0 Å². The summed E-state index contributed by atoms with van der Waals surface area (Å²) in [6.07, 6.45) is 0. The van der Waals surface area contributed by atoms with Crippen molar-refractivity contribution in [1.29, 1.82) is 0 Å². The van der Waals surface area contributed by atoms with Gasteiger partial charge in [-0.3, -0.25) is 4.42 Å². The van der Waals surface area contributed by atoms with E-state index < -0.39 is 0 Å². The molecule has 0 bridgehead atoms. The van der Waals surface area contributed by atoms with Crippen molar-refractivity contribution in [2.24, 2.45) is 0 Å². The van der Waals surface area contributed by atoms with Crippen molar-refractivity contribution < 1.29 is 0 Å². The first kappa shape index (κ1) is 11.2. The molecule has 1 aromatic rings. The van der Waals surface area contributed by atoms with Crippen LogP contribution in [0.2, 0.25) is 0 Å². The molecule has 2 aliphatic rings. The van der Waals surface area contributed by atoms with Gasteiger partial charge < -0.3 is 0 Å². The third-order valence-electron chi connectivity index (χ3n) is 2.91. The van der Waals surface area contributed by atoms with Crippen LogP contribution in [-0.2, 0) is 0 Å². The molecular formula is C16H13OS+. The van der Waals surface area contributed by atoms with Gasteiger partial charge in [0.15, 0.2) is 0 Å². The van der Waals surface area contributed by atoms with Gasteiger partial charge in [0.05, 0.1) is 6.07 Å². The Balaban J connectivity index is 2.20. The van der Waals surface area contributed by atoms with E-state index >= 15 is 0 Å². The summed E-state index contributed by atoms with van der Waals surface area (Å²) < 4.78 is 5.27. The van der Waals surface area contributed by atoms with Crippen LogP contribution in [0, 0.1) is 0 Å². The summed E-state index contributed by atoms with van der Waals surface area (Å²) in [7, 11) is 1.70. The van der Waals surface area contributed by atoms with Crippen molar-refractivity contribution in [3.63, 3.8) is 0 Å². The van der Waals surface area contributed by atoms with Crippen LogP contribution in [0.1, 0.15) is 0 Å². The lowest BCUT2D eigenvalue weighted by molar-refractivity contribution is 1.50. The van der Waals surface area contributed by atoms with E-state index in [4.69, 9.17) is 4.42 Å². The maximum Gasteiger partial charge on any atom is 0.344 e. The molecule has 0 amide bonds. The molecule has 0 spiro atoms. The average molecular weight is 253 g/mol. The van der Waals surface area contributed by atoms with Crippen molar-refractivity contribution in [3.05, 3.63) is 70.5 Å². The van der Waals surface area contributed by atoms with E-state index in [0.717, 1.165) is 5.43 Å². The van der Waals surface area contributed by atoms with Crippen molar-refractivity contribution >= 4 is 11.3 Å². The largest absolute Gasteiger partial charge is 0.344 e. The topological polar surface area (TPSA) is 11.3 Å². The van der Waals surface area contributed by atoms with Crippen molar-refractivity contribution in [2.45, 2.75) is 0 Å². The van der Waals surface area contributed by atoms with Crippen molar-refractivity contribution in [3.8, 4) is 20.9 Å². The van der Waals surface area contributed by atoms with Gasteiger partial charge in [0.1, 0.15) is 0 Å². The zero-order chi connectivity index (χ0) is 12.4. The predicted octanol–water partition coefficient (Wildman–Crippen LogP) is 4.05. The molecule has 3 rings (SSSR count). The van der Waals surface area contributed by atoms with E-state index in [-0.39, 0.29) is 0 Å². The molecule has 0 N–H and O–H groups in total. The molecule has 1 aromatic carbocycles. The zero-order valence-electron chi connectivity index (χ0n) is 10.1. The first-order valence-corrected chi connectivity index (χ1v) is 6.65. The standard InChI is InChI=1S/C16H13OS/c1-17-14-9-7-13-8-10-15(18-16(13)11-14)12-5-3-2-4-6-12/h2-11H,1H3/q+1. The highest BCUT2D eigenvalue weighted by molar-refractivity contribution is 7.18. The Morgan fingerprint density at radius 3 is 2.28 bits per heavy atom. The Bertz CT molecular complexity index is 698. The molecule has 18 heavy (non-hydrogen) atoms. The van der Waals surface area contributed by atoms with Gasteiger partial charge >= 0.3 is 5.43 Å². The maximum absolute atomic E-state index is 5.27. The predicted molar refractivity (Wildman–Crippen MR) is 78.6 cm³/mol. The third kappa shape index (κ3) is 2.07. The number of fused-ring (bicyclic) bond motifs is 1. The second-order valence-electron chi connectivity index (χ2n) is 4.07. The minimum absolute atomic E-state index is 0.906. The summed E-state index contributed by atoms with van der Waals surface area (Å²) in [6, 6.07) is 21.0.